The summed E-state index contributed by atoms with van der Waals surface area (Å²) in [5, 5.41) is 11.8. The Bertz CT molecular complexity index is 335. The second-order valence-corrected chi connectivity index (χ2v) is 5.27. The first-order valence-electron chi connectivity index (χ1n) is 6.61. The van der Waals surface area contributed by atoms with Gasteiger partial charge in [-0.3, -0.25) is 4.79 Å². The molecule has 2 rings (SSSR count). The van der Waals surface area contributed by atoms with Gasteiger partial charge in [0, 0.05) is 25.2 Å². The number of hydrogen-bond donors (Lipinski definition) is 3. The van der Waals surface area contributed by atoms with Crippen molar-refractivity contribution >= 4 is 12.0 Å². The van der Waals surface area contributed by atoms with Crippen LogP contribution in [0, 0.1) is 5.92 Å². The molecule has 6 nitrogen and oxygen atoms in total. The Morgan fingerprint density at radius 1 is 1.22 bits per heavy atom. The molecule has 1 aliphatic heterocycles. The molecule has 4 N–H and O–H groups in total. The van der Waals surface area contributed by atoms with E-state index in [0.29, 0.717) is 19.5 Å². The van der Waals surface area contributed by atoms with Gasteiger partial charge in [0.2, 0.25) is 0 Å². The third kappa shape index (κ3) is 2.93. The van der Waals surface area contributed by atoms with E-state index >= 15 is 0 Å². The van der Waals surface area contributed by atoms with Crippen LogP contribution in [0.1, 0.15) is 32.1 Å². The van der Waals surface area contributed by atoms with E-state index in [1.165, 1.54) is 0 Å². The first kappa shape index (κ1) is 13.1. The van der Waals surface area contributed by atoms with Gasteiger partial charge in [-0.25, -0.2) is 4.79 Å². The van der Waals surface area contributed by atoms with Crippen LogP contribution >= 0.6 is 0 Å². The number of aliphatic carboxylic acids is 1. The van der Waals surface area contributed by atoms with Crippen LogP contribution in [0.4, 0.5) is 4.79 Å². The molecule has 0 aromatic heterocycles. The Morgan fingerprint density at radius 3 is 2.56 bits per heavy atom. The van der Waals surface area contributed by atoms with Gasteiger partial charge in [0.05, 0.1) is 5.92 Å². The number of hydrogen-bond acceptors (Lipinski definition) is 3. The van der Waals surface area contributed by atoms with Crippen molar-refractivity contribution in [1.82, 2.24) is 10.2 Å². The third-order valence-corrected chi connectivity index (χ3v) is 3.95. The monoisotopic (exact) mass is 255 g/mol. The molecule has 0 radical (unpaired) electrons. The Kier molecular flexibility index (Phi) is 4.06. The largest absolute Gasteiger partial charge is 0.481 e. The number of carboxylic acid groups (broad SMARTS) is 1. The zero-order valence-electron chi connectivity index (χ0n) is 10.5. The standard InChI is InChI=1S/C12H21N3O3/c13-9-3-1-2-4-10(9)14-12(18)15-6-5-8(7-15)11(16)17/h8-10H,1-7,13H2,(H,14,18)(H,16,17). The van der Waals surface area contributed by atoms with Gasteiger partial charge in [-0.15, -0.1) is 0 Å². The molecule has 0 aromatic carbocycles. The molecule has 0 aromatic rings. The third-order valence-electron chi connectivity index (χ3n) is 3.95. The van der Waals surface area contributed by atoms with E-state index in [2.05, 4.69) is 5.32 Å². The molecule has 0 bridgehead atoms. The van der Waals surface area contributed by atoms with Gasteiger partial charge in [0.25, 0.3) is 0 Å². The number of rotatable bonds is 2. The second-order valence-electron chi connectivity index (χ2n) is 5.27. The lowest BCUT2D eigenvalue weighted by atomic mass is 9.91. The average molecular weight is 255 g/mol. The van der Waals surface area contributed by atoms with E-state index in [9.17, 15) is 9.59 Å². The lowest BCUT2D eigenvalue weighted by molar-refractivity contribution is -0.141. The summed E-state index contributed by atoms with van der Waals surface area (Å²) in [6, 6.07) is -0.100. The van der Waals surface area contributed by atoms with Gasteiger partial charge in [-0.1, -0.05) is 12.8 Å². The van der Waals surface area contributed by atoms with E-state index in [1.807, 2.05) is 0 Å². The summed E-state index contributed by atoms with van der Waals surface area (Å²) in [5.41, 5.74) is 5.97. The van der Waals surface area contributed by atoms with Crippen LogP contribution in [0.2, 0.25) is 0 Å². The summed E-state index contributed by atoms with van der Waals surface area (Å²) in [7, 11) is 0. The second kappa shape index (κ2) is 5.56. The fourth-order valence-corrected chi connectivity index (χ4v) is 2.73. The highest BCUT2D eigenvalue weighted by Crippen LogP contribution is 2.19. The van der Waals surface area contributed by atoms with Crippen molar-refractivity contribution in [3.63, 3.8) is 0 Å². The van der Waals surface area contributed by atoms with Gasteiger partial charge in [0.1, 0.15) is 0 Å². The normalized spacial score (nSPS) is 32.3. The van der Waals surface area contributed by atoms with Crippen LogP contribution in [0.25, 0.3) is 0 Å². The van der Waals surface area contributed by atoms with E-state index in [4.69, 9.17) is 10.8 Å². The molecule has 1 saturated heterocycles. The van der Waals surface area contributed by atoms with Crippen molar-refractivity contribution in [2.24, 2.45) is 11.7 Å². The Labute approximate surface area is 107 Å². The Balaban J connectivity index is 1.83. The van der Waals surface area contributed by atoms with E-state index in [1.54, 1.807) is 4.90 Å². The fraction of sp³-hybridized carbons (Fsp3) is 0.833. The van der Waals surface area contributed by atoms with Crippen molar-refractivity contribution in [2.45, 2.75) is 44.2 Å². The number of nitrogens with two attached hydrogens (primary N) is 1. The van der Waals surface area contributed by atoms with Crippen molar-refractivity contribution in [1.29, 1.82) is 0 Å². The van der Waals surface area contributed by atoms with Crippen LogP contribution in [0.5, 0.6) is 0 Å². The lowest BCUT2D eigenvalue weighted by Gasteiger charge is -2.31. The highest BCUT2D eigenvalue weighted by atomic mass is 16.4. The zero-order chi connectivity index (χ0) is 13.1. The van der Waals surface area contributed by atoms with E-state index in [-0.39, 0.29) is 18.1 Å². The first-order valence-corrected chi connectivity index (χ1v) is 6.61. The minimum atomic E-state index is -0.820. The molecule has 1 aliphatic carbocycles. The minimum Gasteiger partial charge on any atom is -0.481 e. The molecule has 3 unspecified atom stereocenters. The lowest BCUT2D eigenvalue weighted by Crippen LogP contribution is -2.52. The number of carboxylic acids is 1. The van der Waals surface area contributed by atoms with Gasteiger partial charge >= 0.3 is 12.0 Å². The van der Waals surface area contributed by atoms with Crippen molar-refractivity contribution < 1.29 is 14.7 Å². The van der Waals surface area contributed by atoms with Crippen molar-refractivity contribution in [3.8, 4) is 0 Å². The zero-order valence-corrected chi connectivity index (χ0v) is 10.5. The number of nitrogens with one attached hydrogen (secondary N) is 1. The smallest absolute Gasteiger partial charge is 0.317 e. The molecule has 0 spiro atoms. The van der Waals surface area contributed by atoms with Crippen LogP contribution < -0.4 is 11.1 Å². The Hall–Kier alpha value is -1.30. The Morgan fingerprint density at radius 2 is 1.94 bits per heavy atom. The SMILES string of the molecule is NC1CCCCC1NC(=O)N1CCC(C(=O)O)C1. The van der Waals surface area contributed by atoms with Gasteiger partial charge in [0.15, 0.2) is 0 Å². The minimum absolute atomic E-state index is 0.0283. The maximum Gasteiger partial charge on any atom is 0.317 e. The predicted molar refractivity (Wildman–Crippen MR) is 66.1 cm³/mol. The summed E-state index contributed by atoms with van der Waals surface area (Å²) in [6.07, 6.45) is 4.63. The van der Waals surface area contributed by atoms with Gasteiger partial charge < -0.3 is 21.1 Å². The summed E-state index contributed by atoms with van der Waals surface area (Å²) in [6.45, 7) is 0.827. The van der Waals surface area contributed by atoms with Gasteiger partial charge in [-0.05, 0) is 19.3 Å². The topological polar surface area (TPSA) is 95.7 Å². The average Bonchev–Trinajstić information content (AvgIpc) is 2.81. The van der Waals surface area contributed by atoms with Crippen LogP contribution in [0.3, 0.4) is 0 Å². The number of amides is 2. The fourth-order valence-electron chi connectivity index (χ4n) is 2.73. The number of carbonyl (C=O) groups excluding carboxylic acids is 1. The maximum absolute atomic E-state index is 12.0. The van der Waals surface area contributed by atoms with Crippen molar-refractivity contribution in [3.05, 3.63) is 0 Å². The predicted octanol–water partition coefficient (Wildman–Crippen LogP) is 0.372. The summed E-state index contributed by atoms with van der Waals surface area (Å²) >= 11 is 0. The molecular weight excluding hydrogens is 234 g/mol. The molecule has 18 heavy (non-hydrogen) atoms. The highest BCUT2D eigenvalue weighted by Gasteiger charge is 2.32. The summed E-state index contributed by atoms with van der Waals surface area (Å²) in [4.78, 5) is 24.4. The number of carbonyl (C=O) groups is 2. The van der Waals surface area contributed by atoms with Crippen LogP contribution in [-0.2, 0) is 4.79 Å². The molecule has 102 valence electrons. The quantitative estimate of drug-likeness (QED) is 0.664. The number of likely N-dealkylation sites (tertiary alicyclic amines) is 1. The summed E-state index contributed by atoms with van der Waals surface area (Å²) < 4.78 is 0. The molecule has 2 fully saturated rings. The van der Waals surface area contributed by atoms with E-state index in [0.717, 1.165) is 25.7 Å². The van der Waals surface area contributed by atoms with Gasteiger partial charge in [-0.2, -0.15) is 0 Å². The molecule has 6 heteroatoms. The number of nitrogens with zero attached hydrogens (tertiary/aromatic N) is 1. The molecule has 1 saturated carbocycles. The van der Waals surface area contributed by atoms with E-state index < -0.39 is 11.9 Å². The van der Waals surface area contributed by atoms with Crippen molar-refractivity contribution in [2.75, 3.05) is 13.1 Å². The first-order chi connectivity index (χ1) is 8.58. The highest BCUT2D eigenvalue weighted by molar-refractivity contribution is 5.77. The summed E-state index contributed by atoms with van der Waals surface area (Å²) in [5.74, 6) is -1.24. The maximum atomic E-state index is 12.0. The van der Waals surface area contributed by atoms with Crippen LogP contribution in [-0.4, -0.2) is 47.2 Å². The molecule has 1 heterocycles. The number of urea groups is 1. The molecular formula is C12H21N3O3. The van der Waals surface area contributed by atoms with Crippen LogP contribution in [0.15, 0.2) is 0 Å². The molecule has 2 aliphatic rings. The molecule has 3 atom stereocenters. The molecule has 2 amide bonds.